The number of nitrogens with one attached hydrogen (secondary N) is 1. The van der Waals surface area contributed by atoms with E-state index in [0.29, 0.717) is 30.6 Å². The summed E-state index contributed by atoms with van der Waals surface area (Å²) < 4.78 is 35.5. The number of rotatable bonds is 0. The van der Waals surface area contributed by atoms with Crippen molar-refractivity contribution < 1.29 is 23.2 Å². The zero-order valence-electron chi connectivity index (χ0n) is 24.3. The summed E-state index contributed by atoms with van der Waals surface area (Å²) in [6.45, 7) is 5.03. The van der Waals surface area contributed by atoms with Crippen LogP contribution in [0.2, 0.25) is 5.02 Å². The van der Waals surface area contributed by atoms with Crippen LogP contribution in [0.15, 0.2) is 36.4 Å². The number of fused-ring (bicyclic) bond motifs is 7. The van der Waals surface area contributed by atoms with Crippen molar-refractivity contribution in [2.75, 3.05) is 37.8 Å². The SMILES string of the molecule is C=S1(=O)NC(=O)c2ccc3c(c2)N(C[C@@H]2CC[C@H]2[C@H]2C[C@H](CCO2)OC[C@@H]1C)C[C@@]1(CCCc2cc(Cl)ccc21)CO3. The van der Waals surface area contributed by atoms with Crippen molar-refractivity contribution in [3.63, 3.8) is 0 Å². The second kappa shape index (κ2) is 11.0. The van der Waals surface area contributed by atoms with Crippen molar-refractivity contribution >= 4 is 38.8 Å². The van der Waals surface area contributed by atoms with E-state index in [1.807, 2.05) is 25.1 Å². The maximum Gasteiger partial charge on any atom is 0.262 e. The monoisotopic (exact) mass is 612 g/mol. The fraction of sp³-hybridized carbons (Fsp3) is 0.576. The molecule has 9 heteroatoms. The first-order valence-electron chi connectivity index (χ1n) is 15.4. The second-order valence-electron chi connectivity index (χ2n) is 13.1. The highest BCUT2D eigenvalue weighted by molar-refractivity contribution is 7.99. The van der Waals surface area contributed by atoms with Gasteiger partial charge in [0.15, 0.2) is 0 Å². The minimum absolute atomic E-state index is 0.0611. The number of carbonyl (C=O) groups excluding carboxylic acids is 1. The summed E-state index contributed by atoms with van der Waals surface area (Å²) in [6.07, 6.45) is 7.33. The predicted octanol–water partition coefficient (Wildman–Crippen LogP) is 5.17. The molecule has 1 saturated heterocycles. The first kappa shape index (κ1) is 28.5. The number of anilines is 1. The van der Waals surface area contributed by atoms with E-state index in [0.717, 1.165) is 74.5 Å². The molecule has 2 aliphatic carbocycles. The molecule has 5 aliphatic rings. The maximum atomic E-state index is 13.5. The zero-order chi connectivity index (χ0) is 29.1. The van der Waals surface area contributed by atoms with Gasteiger partial charge in [-0.1, -0.05) is 17.7 Å². The smallest absolute Gasteiger partial charge is 0.262 e. The molecule has 2 fully saturated rings. The van der Waals surface area contributed by atoms with Crippen LogP contribution >= 0.6 is 11.6 Å². The Morgan fingerprint density at radius 1 is 1.14 bits per heavy atom. The standard InChI is InChI=1S/C33H41ClN2O5S/c1-21-18-40-26-11-13-39-31(16-26)27-8-5-24(27)17-36-19-33(12-3-4-22-14-25(34)7-9-28(22)33)20-41-30-10-6-23(15-29(30)36)32(37)35-42(21,2)38/h6-7,9-10,14-15,21,24,26-27,31H,2-5,8,11-13,16-20H2,1H3,(H,35,37,38)/t21-,24-,26-,27+,31+,33-,42?/m0/s1. The van der Waals surface area contributed by atoms with E-state index in [4.69, 9.17) is 25.8 Å². The predicted molar refractivity (Wildman–Crippen MR) is 167 cm³/mol. The molecule has 0 aromatic heterocycles. The molecule has 3 aliphatic heterocycles. The Morgan fingerprint density at radius 2 is 2.02 bits per heavy atom. The Balaban J connectivity index is 1.29. The van der Waals surface area contributed by atoms with Gasteiger partial charge in [0.05, 0.1) is 46.1 Å². The van der Waals surface area contributed by atoms with E-state index in [1.165, 1.54) is 11.1 Å². The summed E-state index contributed by atoms with van der Waals surface area (Å²) >= 11 is 6.42. The zero-order valence-corrected chi connectivity index (χ0v) is 25.9. The molecule has 7 atom stereocenters. The number of aryl methyl sites for hydroxylation is 1. The number of nitrogens with zero attached hydrogens (tertiary/aromatic N) is 1. The van der Waals surface area contributed by atoms with Gasteiger partial charge in [-0.2, -0.15) is 0 Å². The third-order valence-corrected chi connectivity index (χ3v) is 12.7. The number of carbonyl (C=O) groups is 1. The van der Waals surface area contributed by atoms with E-state index < -0.39 is 15.0 Å². The quantitative estimate of drug-likeness (QED) is 0.414. The number of hydrogen-bond donors (Lipinski definition) is 1. The van der Waals surface area contributed by atoms with Crippen LogP contribution in [0, 0.1) is 11.8 Å². The molecule has 3 heterocycles. The molecular weight excluding hydrogens is 572 g/mol. The van der Waals surface area contributed by atoms with Crippen molar-refractivity contribution in [1.82, 2.24) is 4.72 Å². The van der Waals surface area contributed by atoms with Crippen molar-refractivity contribution in [3.8, 4) is 5.75 Å². The Morgan fingerprint density at radius 3 is 2.86 bits per heavy atom. The molecule has 2 aromatic rings. The van der Waals surface area contributed by atoms with Crippen LogP contribution in [-0.2, 0) is 31.0 Å². The van der Waals surface area contributed by atoms with Gasteiger partial charge in [0.2, 0.25) is 0 Å². The maximum absolute atomic E-state index is 13.5. The van der Waals surface area contributed by atoms with Gasteiger partial charge < -0.3 is 19.1 Å². The largest absolute Gasteiger partial charge is 0.490 e. The Hall–Kier alpha value is -2.26. The summed E-state index contributed by atoms with van der Waals surface area (Å²) in [5.74, 6) is 5.26. The number of hydrogen-bond acceptors (Lipinski definition) is 6. The van der Waals surface area contributed by atoms with Crippen LogP contribution in [-0.4, -0.2) is 66.4 Å². The van der Waals surface area contributed by atoms with Gasteiger partial charge in [-0.25, -0.2) is 4.21 Å². The molecule has 1 saturated carbocycles. The lowest BCUT2D eigenvalue weighted by Crippen LogP contribution is -2.51. The lowest BCUT2D eigenvalue weighted by Gasteiger charge is -2.48. The van der Waals surface area contributed by atoms with Gasteiger partial charge in [-0.05, 0) is 105 Å². The summed E-state index contributed by atoms with van der Waals surface area (Å²) in [4.78, 5) is 15.9. The lowest BCUT2D eigenvalue weighted by atomic mass is 9.67. The Labute approximate surface area is 254 Å². The van der Waals surface area contributed by atoms with E-state index in [1.54, 1.807) is 6.07 Å². The van der Waals surface area contributed by atoms with Crippen LogP contribution in [0.3, 0.4) is 0 Å². The number of halogens is 1. The molecule has 1 spiro atoms. The minimum Gasteiger partial charge on any atom is -0.490 e. The fourth-order valence-corrected chi connectivity index (χ4v) is 8.92. The van der Waals surface area contributed by atoms with Crippen molar-refractivity contribution in [2.45, 2.75) is 74.7 Å². The molecule has 42 heavy (non-hydrogen) atoms. The normalized spacial score (nSPS) is 36.5. The molecule has 7 rings (SSSR count). The lowest BCUT2D eigenvalue weighted by molar-refractivity contribution is -0.116. The number of amides is 1. The summed E-state index contributed by atoms with van der Waals surface area (Å²) in [6, 6.07) is 11.9. The molecular formula is C33H41ClN2O5S. The molecule has 2 aromatic carbocycles. The van der Waals surface area contributed by atoms with Crippen molar-refractivity contribution in [1.29, 1.82) is 0 Å². The first-order chi connectivity index (χ1) is 20.2. The van der Waals surface area contributed by atoms with Gasteiger partial charge in [0.25, 0.3) is 5.91 Å². The third kappa shape index (κ3) is 5.23. The minimum atomic E-state index is -2.93. The average molecular weight is 613 g/mol. The molecule has 1 unspecified atom stereocenters. The highest BCUT2D eigenvalue weighted by atomic mass is 35.5. The molecule has 226 valence electrons. The molecule has 1 amide bonds. The summed E-state index contributed by atoms with van der Waals surface area (Å²) in [7, 11) is -2.93. The van der Waals surface area contributed by atoms with Gasteiger partial charge in [0, 0.05) is 42.1 Å². The van der Waals surface area contributed by atoms with Gasteiger partial charge in [-0.15, -0.1) is 0 Å². The van der Waals surface area contributed by atoms with Crippen LogP contribution in [0.5, 0.6) is 5.75 Å². The van der Waals surface area contributed by atoms with E-state index >= 15 is 0 Å². The Kier molecular flexibility index (Phi) is 7.48. The molecule has 1 N–H and O–H groups in total. The summed E-state index contributed by atoms with van der Waals surface area (Å²) in [5, 5.41) is 0.347. The topological polar surface area (TPSA) is 77.1 Å². The fourth-order valence-electron chi connectivity index (χ4n) is 7.79. The van der Waals surface area contributed by atoms with Crippen molar-refractivity contribution in [3.05, 3.63) is 58.1 Å². The molecule has 7 nitrogen and oxygen atoms in total. The highest BCUT2D eigenvalue weighted by Crippen LogP contribution is 2.47. The highest BCUT2D eigenvalue weighted by Gasteiger charge is 2.45. The number of ether oxygens (including phenoxy) is 3. The van der Waals surface area contributed by atoms with Gasteiger partial charge >= 0.3 is 0 Å². The van der Waals surface area contributed by atoms with Crippen molar-refractivity contribution in [2.24, 2.45) is 11.8 Å². The first-order valence-corrected chi connectivity index (χ1v) is 17.6. The van der Waals surface area contributed by atoms with Gasteiger partial charge in [0.1, 0.15) is 5.75 Å². The van der Waals surface area contributed by atoms with Crippen LogP contribution in [0.25, 0.3) is 0 Å². The number of benzene rings is 2. The van der Waals surface area contributed by atoms with E-state index in [2.05, 4.69) is 27.6 Å². The third-order valence-electron chi connectivity index (χ3n) is 10.5. The van der Waals surface area contributed by atoms with Crippen LogP contribution in [0.1, 0.15) is 66.9 Å². The Bertz CT molecular complexity index is 1480. The van der Waals surface area contributed by atoms with Gasteiger partial charge in [-0.3, -0.25) is 9.52 Å². The van der Waals surface area contributed by atoms with E-state index in [9.17, 15) is 9.00 Å². The summed E-state index contributed by atoms with van der Waals surface area (Å²) in [5.41, 5.74) is 3.82. The van der Waals surface area contributed by atoms with E-state index in [-0.39, 0.29) is 30.1 Å². The second-order valence-corrected chi connectivity index (χ2v) is 16.0. The average Bonchev–Trinajstić information content (AvgIpc) is 3.10. The molecule has 0 radical (unpaired) electrons. The molecule has 4 bridgehead atoms. The van der Waals surface area contributed by atoms with Crippen LogP contribution < -0.4 is 14.4 Å². The van der Waals surface area contributed by atoms with Crippen LogP contribution in [0.4, 0.5) is 5.69 Å².